The Balaban J connectivity index is 2.00. The van der Waals surface area contributed by atoms with Gasteiger partial charge in [-0.1, -0.05) is 12.8 Å². The van der Waals surface area contributed by atoms with Crippen molar-refractivity contribution < 1.29 is 4.74 Å². The van der Waals surface area contributed by atoms with Crippen LogP contribution in [-0.2, 0) is 4.74 Å². The third-order valence-electron chi connectivity index (χ3n) is 3.71. The molecule has 2 unspecified atom stereocenters. The highest BCUT2D eigenvalue weighted by molar-refractivity contribution is 6.20. The average Bonchev–Trinajstić information content (AvgIpc) is 2.55. The van der Waals surface area contributed by atoms with Crippen LogP contribution in [0.4, 0.5) is 0 Å². The molecule has 2 heteroatoms. The fraction of sp³-hybridized carbons (Fsp3) is 1.00. The molecule has 1 heterocycles. The van der Waals surface area contributed by atoms with E-state index in [2.05, 4.69) is 6.92 Å². The second kappa shape index (κ2) is 3.78. The van der Waals surface area contributed by atoms with Gasteiger partial charge in [0.1, 0.15) is 0 Å². The van der Waals surface area contributed by atoms with Crippen molar-refractivity contribution in [2.75, 3.05) is 6.61 Å². The number of alkyl halides is 1. The van der Waals surface area contributed by atoms with Crippen molar-refractivity contribution in [1.82, 2.24) is 0 Å². The van der Waals surface area contributed by atoms with Crippen molar-refractivity contribution in [2.45, 2.75) is 56.4 Å². The van der Waals surface area contributed by atoms with E-state index in [1.165, 1.54) is 25.7 Å². The van der Waals surface area contributed by atoms with Crippen molar-refractivity contribution in [3.8, 4) is 0 Å². The zero-order valence-corrected chi connectivity index (χ0v) is 9.15. The number of halogens is 1. The van der Waals surface area contributed by atoms with Gasteiger partial charge in [0.25, 0.3) is 0 Å². The second-order valence-electron chi connectivity index (χ2n) is 4.73. The average molecular weight is 203 g/mol. The molecule has 1 saturated heterocycles. The molecule has 2 rings (SSSR count). The molecular weight excluding hydrogens is 184 g/mol. The third kappa shape index (κ3) is 2.02. The Labute approximate surface area is 85.8 Å². The molecule has 0 aromatic rings. The summed E-state index contributed by atoms with van der Waals surface area (Å²) in [5.41, 5.74) is 0.0984. The van der Waals surface area contributed by atoms with Gasteiger partial charge in [-0.05, 0) is 38.5 Å². The molecular formula is C11H19ClO. The maximum absolute atomic E-state index is 6.20. The quantitative estimate of drug-likeness (QED) is 0.593. The van der Waals surface area contributed by atoms with Crippen molar-refractivity contribution in [2.24, 2.45) is 5.92 Å². The predicted molar refractivity (Wildman–Crippen MR) is 55.2 cm³/mol. The van der Waals surface area contributed by atoms with Crippen LogP contribution < -0.4 is 0 Å². The van der Waals surface area contributed by atoms with Crippen LogP contribution in [0.3, 0.4) is 0 Å². The van der Waals surface area contributed by atoms with Crippen molar-refractivity contribution in [3.05, 3.63) is 0 Å². The molecule has 1 saturated carbocycles. The summed E-state index contributed by atoms with van der Waals surface area (Å²) in [5, 5.41) is 0.347. The first-order valence-corrected chi connectivity index (χ1v) is 5.92. The molecule has 1 nitrogen and oxygen atoms in total. The molecule has 76 valence electrons. The van der Waals surface area contributed by atoms with Gasteiger partial charge in [0, 0.05) is 12.0 Å². The Morgan fingerprint density at radius 3 is 2.54 bits per heavy atom. The Morgan fingerprint density at radius 2 is 1.92 bits per heavy atom. The maximum atomic E-state index is 6.20. The first-order chi connectivity index (χ1) is 6.21. The zero-order valence-electron chi connectivity index (χ0n) is 8.39. The smallest absolute Gasteiger partial charge is 0.0696 e. The molecule has 13 heavy (non-hydrogen) atoms. The maximum Gasteiger partial charge on any atom is 0.0696 e. The normalized spacial score (nSPS) is 42.5. The first kappa shape index (κ1) is 9.79. The van der Waals surface area contributed by atoms with E-state index in [1.54, 1.807) is 0 Å². The Bertz CT molecular complexity index is 177. The van der Waals surface area contributed by atoms with Gasteiger partial charge in [-0.2, -0.15) is 0 Å². The van der Waals surface area contributed by atoms with Crippen LogP contribution in [0.1, 0.15) is 45.4 Å². The molecule has 0 aromatic carbocycles. The zero-order chi connectivity index (χ0) is 9.31. The minimum atomic E-state index is 0.0984. The van der Waals surface area contributed by atoms with Crippen LogP contribution in [0, 0.1) is 5.92 Å². The molecule has 0 amide bonds. The lowest BCUT2D eigenvalue weighted by Crippen LogP contribution is -2.43. The molecule has 0 aromatic heterocycles. The summed E-state index contributed by atoms with van der Waals surface area (Å²) in [6.45, 7) is 3.12. The Hall–Kier alpha value is 0.250. The van der Waals surface area contributed by atoms with Crippen molar-refractivity contribution in [1.29, 1.82) is 0 Å². The molecule has 0 spiro atoms. The molecule has 2 aliphatic rings. The number of ether oxygens (including phenoxy) is 1. The summed E-state index contributed by atoms with van der Waals surface area (Å²) in [6.07, 6.45) is 7.55. The number of rotatable bonds is 1. The van der Waals surface area contributed by atoms with Gasteiger partial charge >= 0.3 is 0 Å². The van der Waals surface area contributed by atoms with Gasteiger partial charge in [0.2, 0.25) is 0 Å². The van der Waals surface area contributed by atoms with E-state index in [1.807, 2.05) is 0 Å². The van der Waals surface area contributed by atoms with Gasteiger partial charge in [0.15, 0.2) is 0 Å². The van der Waals surface area contributed by atoms with Crippen LogP contribution in [0.5, 0.6) is 0 Å². The fourth-order valence-corrected chi connectivity index (χ4v) is 3.24. The van der Waals surface area contributed by atoms with E-state index >= 15 is 0 Å². The molecule has 1 aliphatic carbocycles. The van der Waals surface area contributed by atoms with Crippen molar-refractivity contribution >= 4 is 11.6 Å². The van der Waals surface area contributed by atoms with E-state index in [-0.39, 0.29) is 5.60 Å². The highest BCUT2D eigenvalue weighted by Crippen LogP contribution is 2.42. The van der Waals surface area contributed by atoms with Gasteiger partial charge in [-0.3, -0.25) is 0 Å². The molecule has 0 N–H and O–H groups in total. The van der Waals surface area contributed by atoms with Crippen LogP contribution in [0.2, 0.25) is 0 Å². The number of hydrogen-bond donors (Lipinski definition) is 0. The largest absolute Gasteiger partial charge is 0.375 e. The summed E-state index contributed by atoms with van der Waals surface area (Å²) in [4.78, 5) is 0. The SMILES string of the molecule is CC1(C2CCCC2)CC(Cl)CCO1. The highest BCUT2D eigenvalue weighted by atomic mass is 35.5. The molecule has 0 bridgehead atoms. The van der Waals surface area contributed by atoms with Crippen LogP contribution in [-0.4, -0.2) is 17.6 Å². The second-order valence-corrected chi connectivity index (χ2v) is 5.35. The lowest BCUT2D eigenvalue weighted by atomic mass is 9.82. The fourth-order valence-electron chi connectivity index (χ4n) is 2.84. The monoisotopic (exact) mass is 202 g/mol. The first-order valence-electron chi connectivity index (χ1n) is 5.49. The van der Waals surface area contributed by atoms with E-state index in [9.17, 15) is 0 Å². The van der Waals surface area contributed by atoms with Crippen LogP contribution >= 0.6 is 11.6 Å². The summed E-state index contributed by atoms with van der Waals surface area (Å²) in [7, 11) is 0. The molecule has 1 aliphatic heterocycles. The summed E-state index contributed by atoms with van der Waals surface area (Å²) >= 11 is 6.20. The van der Waals surface area contributed by atoms with Gasteiger partial charge in [0.05, 0.1) is 5.60 Å². The van der Waals surface area contributed by atoms with E-state index < -0.39 is 0 Å². The van der Waals surface area contributed by atoms with Gasteiger partial charge in [-0.15, -0.1) is 11.6 Å². The molecule has 2 fully saturated rings. The lowest BCUT2D eigenvalue weighted by molar-refractivity contribution is -0.100. The topological polar surface area (TPSA) is 9.23 Å². The van der Waals surface area contributed by atoms with E-state index in [4.69, 9.17) is 16.3 Å². The Kier molecular flexibility index (Phi) is 2.85. The third-order valence-corrected chi connectivity index (χ3v) is 4.08. The highest BCUT2D eigenvalue weighted by Gasteiger charge is 2.40. The van der Waals surface area contributed by atoms with Crippen LogP contribution in [0.25, 0.3) is 0 Å². The lowest BCUT2D eigenvalue weighted by Gasteiger charge is -2.40. The minimum Gasteiger partial charge on any atom is -0.375 e. The summed E-state index contributed by atoms with van der Waals surface area (Å²) < 4.78 is 5.94. The Morgan fingerprint density at radius 1 is 1.23 bits per heavy atom. The number of hydrogen-bond acceptors (Lipinski definition) is 1. The standard InChI is InChI=1S/C11H19ClO/c1-11(9-4-2-3-5-9)8-10(12)6-7-13-11/h9-10H,2-8H2,1H3. The predicted octanol–water partition coefficient (Wildman–Crippen LogP) is 3.35. The van der Waals surface area contributed by atoms with E-state index in [0.29, 0.717) is 5.38 Å². The van der Waals surface area contributed by atoms with Crippen molar-refractivity contribution in [3.63, 3.8) is 0 Å². The summed E-state index contributed by atoms with van der Waals surface area (Å²) in [5.74, 6) is 0.772. The van der Waals surface area contributed by atoms with Gasteiger partial charge in [-0.25, -0.2) is 0 Å². The van der Waals surface area contributed by atoms with E-state index in [0.717, 1.165) is 25.4 Å². The molecule has 2 atom stereocenters. The summed E-state index contributed by atoms with van der Waals surface area (Å²) in [6, 6.07) is 0. The molecule has 0 radical (unpaired) electrons. The van der Waals surface area contributed by atoms with Gasteiger partial charge < -0.3 is 4.74 Å². The minimum absolute atomic E-state index is 0.0984. The van der Waals surface area contributed by atoms with Crippen LogP contribution in [0.15, 0.2) is 0 Å².